The van der Waals surface area contributed by atoms with Gasteiger partial charge < -0.3 is 10.2 Å². The molecule has 0 bridgehead atoms. The molecule has 3 rings (SSSR count). The molecule has 38 heavy (non-hydrogen) atoms. The van der Waals surface area contributed by atoms with Gasteiger partial charge >= 0.3 is 0 Å². The highest BCUT2D eigenvalue weighted by Crippen LogP contribution is 2.22. The summed E-state index contributed by atoms with van der Waals surface area (Å²) >= 11 is 3.40. The summed E-state index contributed by atoms with van der Waals surface area (Å²) < 4.78 is 53.7. The van der Waals surface area contributed by atoms with E-state index in [0.29, 0.717) is 0 Å². The Kier molecular flexibility index (Phi) is 10.7. The zero-order chi connectivity index (χ0) is 27.9. The summed E-state index contributed by atoms with van der Waals surface area (Å²) in [7, 11) is -3.81. The Hall–Kier alpha value is -2.53. The minimum atomic E-state index is -3.81. The van der Waals surface area contributed by atoms with E-state index in [2.05, 4.69) is 21.2 Å². The molecule has 0 saturated heterocycles. The molecular formula is C27H34BrF2N3O4S. The predicted molar refractivity (Wildman–Crippen MR) is 147 cm³/mol. The van der Waals surface area contributed by atoms with Crippen LogP contribution in [-0.4, -0.2) is 50.0 Å². The van der Waals surface area contributed by atoms with Crippen LogP contribution in [0.3, 0.4) is 0 Å². The second-order valence-electron chi connectivity index (χ2n) is 9.70. The molecule has 2 amide bonds. The van der Waals surface area contributed by atoms with Gasteiger partial charge in [0.2, 0.25) is 21.8 Å². The summed E-state index contributed by atoms with van der Waals surface area (Å²) in [6.45, 7) is 1.80. The van der Waals surface area contributed by atoms with Crippen molar-refractivity contribution in [3.05, 3.63) is 64.1 Å². The fraction of sp³-hybridized carbons (Fsp3) is 0.481. The second-order valence-corrected chi connectivity index (χ2v) is 12.5. The minimum absolute atomic E-state index is 0.0224. The molecule has 1 atom stereocenters. The summed E-state index contributed by atoms with van der Waals surface area (Å²) in [6, 6.07) is 9.67. The minimum Gasteiger partial charge on any atom is -0.352 e. The summed E-state index contributed by atoms with van der Waals surface area (Å²) in [6.07, 6.45) is 6.19. The van der Waals surface area contributed by atoms with Crippen molar-refractivity contribution in [3.8, 4) is 0 Å². The number of carbonyl (C=O) groups excluding carboxylic acids is 2. The first kappa shape index (κ1) is 30.0. The third kappa shape index (κ3) is 8.49. The highest BCUT2D eigenvalue weighted by molar-refractivity contribution is 9.10. The second kappa shape index (κ2) is 13.5. The number of benzene rings is 2. The van der Waals surface area contributed by atoms with Crippen molar-refractivity contribution >= 4 is 43.5 Å². The average Bonchev–Trinajstić information content (AvgIpc) is 2.87. The van der Waals surface area contributed by atoms with Crippen molar-refractivity contribution in [2.24, 2.45) is 0 Å². The lowest BCUT2D eigenvalue weighted by atomic mass is 9.95. The molecule has 0 heterocycles. The number of sulfonamides is 1. The van der Waals surface area contributed by atoms with E-state index in [-0.39, 0.29) is 49.5 Å². The molecule has 2 aromatic rings. The maximum atomic E-state index is 13.8. The van der Waals surface area contributed by atoms with Crippen molar-refractivity contribution in [3.63, 3.8) is 0 Å². The topological polar surface area (TPSA) is 86.8 Å². The van der Waals surface area contributed by atoms with Gasteiger partial charge in [-0.05, 0) is 56.0 Å². The van der Waals surface area contributed by atoms with Gasteiger partial charge in [-0.2, -0.15) is 0 Å². The molecule has 1 fully saturated rings. The van der Waals surface area contributed by atoms with E-state index in [1.54, 1.807) is 6.92 Å². The number of amides is 2. The molecule has 11 heteroatoms. The van der Waals surface area contributed by atoms with E-state index >= 15 is 0 Å². The van der Waals surface area contributed by atoms with Gasteiger partial charge in [0.1, 0.15) is 6.04 Å². The Morgan fingerprint density at radius 1 is 1.05 bits per heavy atom. The number of hydrogen-bond acceptors (Lipinski definition) is 4. The SMILES string of the molecule is C[C@@H](C(=O)NC1CCCCC1)N(Cc1ccc(Br)cc1)C(=O)CCCN(c1ccc(F)c(F)c1)S(C)(=O)=O. The van der Waals surface area contributed by atoms with Crippen LogP contribution < -0.4 is 9.62 Å². The maximum absolute atomic E-state index is 13.8. The first-order valence-electron chi connectivity index (χ1n) is 12.7. The van der Waals surface area contributed by atoms with Gasteiger partial charge in [0.05, 0.1) is 11.9 Å². The molecule has 2 aromatic carbocycles. The zero-order valence-corrected chi connectivity index (χ0v) is 24.0. The molecule has 0 aromatic heterocycles. The summed E-state index contributed by atoms with van der Waals surface area (Å²) in [5, 5.41) is 3.08. The van der Waals surface area contributed by atoms with Gasteiger partial charge in [-0.3, -0.25) is 13.9 Å². The van der Waals surface area contributed by atoms with E-state index in [1.807, 2.05) is 24.3 Å². The van der Waals surface area contributed by atoms with Crippen molar-refractivity contribution < 1.29 is 26.8 Å². The lowest BCUT2D eigenvalue weighted by Gasteiger charge is -2.31. The van der Waals surface area contributed by atoms with Crippen molar-refractivity contribution in [1.29, 1.82) is 0 Å². The number of nitrogens with one attached hydrogen (secondary N) is 1. The number of hydrogen-bond donors (Lipinski definition) is 1. The van der Waals surface area contributed by atoms with Crippen LogP contribution in [0.1, 0.15) is 57.4 Å². The van der Waals surface area contributed by atoms with Crippen LogP contribution in [-0.2, 0) is 26.2 Å². The molecule has 0 aliphatic heterocycles. The molecule has 0 unspecified atom stereocenters. The monoisotopic (exact) mass is 613 g/mol. The van der Waals surface area contributed by atoms with Crippen LogP contribution in [0, 0.1) is 11.6 Å². The van der Waals surface area contributed by atoms with E-state index in [0.717, 1.165) is 64.8 Å². The highest BCUT2D eigenvalue weighted by Gasteiger charge is 2.28. The predicted octanol–water partition coefficient (Wildman–Crippen LogP) is 5.14. The fourth-order valence-electron chi connectivity index (χ4n) is 4.58. The van der Waals surface area contributed by atoms with Gasteiger partial charge in [-0.15, -0.1) is 0 Å². The Bertz CT molecular complexity index is 1220. The lowest BCUT2D eigenvalue weighted by Crippen LogP contribution is -2.50. The largest absolute Gasteiger partial charge is 0.352 e. The smallest absolute Gasteiger partial charge is 0.242 e. The molecule has 1 aliphatic rings. The quantitative estimate of drug-likeness (QED) is 0.380. The Morgan fingerprint density at radius 2 is 1.71 bits per heavy atom. The highest BCUT2D eigenvalue weighted by atomic mass is 79.9. The third-order valence-electron chi connectivity index (χ3n) is 6.73. The van der Waals surface area contributed by atoms with E-state index in [4.69, 9.17) is 0 Å². The van der Waals surface area contributed by atoms with Crippen LogP contribution in [0.15, 0.2) is 46.9 Å². The lowest BCUT2D eigenvalue weighted by molar-refractivity contribution is -0.141. The normalized spacial score (nSPS) is 15.1. The van der Waals surface area contributed by atoms with Crippen molar-refractivity contribution in [2.45, 2.75) is 70.5 Å². The fourth-order valence-corrected chi connectivity index (χ4v) is 5.80. The molecule has 1 aliphatic carbocycles. The van der Waals surface area contributed by atoms with Crippen LogP contribution in [0.5, 0.6) is 0 Å². The summed E-state index contributed by atoms with van der Waals surface area (Å²) in [5.74, 6) is -2.77. The number of carbonyl (C=O) groups is 2. The van der Waals surface area contributed by atoms with Crippen molar-refractivity contribution in [1.82, 2.24) is 10.2 Å². The standard InChI is InChI=1S/C27H34BrF2N3O4S/c1-19(27(35)31-22-7-4-3-5-8-22)32(18-20-10-12-21(28)13-11-20)26(34)9-6-16-33(38(2,36)37)23-14-15-24(29)25(30)17-23/h10-15,17,19,22H,3-9,16,18H2,1-2H3,(H,31,35)/t19-/m0/s1. The average molecular weight is 615 g/mol. The number of anilines is 1. The Morgan fingerprint density at radius 3 is 2.32 bits per heavy atom. The molecule has 7 nitrogen and oxygen atoms in total. The summed E-state index contributed by atoms with van der Waals surface area (Å²) in [4.78, 5) is 28.0. The Labute approximate surface area is 231 Å². The van der Waals surface area contributed by atoms with E-state index in [9.17, 15) is 26.8 Å². The van der Waals surface area contributed by atoms with Gasteiger partial charge in [0, 0.05) is 36.1 Å². The zero-order valence-electron chi connectivity index (χ0n) is 21.6. The number of rotatable bonds is 11. The maximum Gasteiger partial charge on any atom is 0.242 e. The van der Waals surface area contributed by atoms with E-state index in [1.165, 1.54) is 11.0 Å². The Balaban J connectivity index is 1.72. The molecular weight excluding hydrogens is 580 g/mol. The molecule has 1 saturated carbocycles. The summed E-state index contributed by atoms with van der Waals surface area (Å²) in [5.41, 5.74) is 0.823. The first-order valence-corrected chi connectivity index (χ1v) is 15.4. The van der Waals surface area contributed by atoms with Gasteiger partial charge in [-0.25, -0.2) is 17.2 Å². The molecule has 0 radical (unpaired) electrons. The van der Waals surface area contributed by atoms with Gasteiger partial charge in [0.15, 0.2) is 11.6 Å². The third-order valence-corrected chi connectivity index (χ3v) is 8.45. The first-order chi connectivity index (χ1) is 18.0. The molecule has 208 valence electrons. The van der Waals surface area contributed by atoms with Crippen LogP contribution in [0.4, 0.5) is 14.5 Å². The van der Waals surface area contributed by atoms with Crippen LogP contribution in [0.2, 0.25) is 0 Å². The number of halogens is 3. The van der Waals surface area contributed by atoms with E-state index < -0.39 is 27.7 Å². The number of nitrogens with zero attached hydrogens (tertiary/aromatic N) is 2. The molecule has 0 spiro atoms. The van der Waals surface area contributed by atoms with Crippen molar-refractivity contribution in [2.75, 3.05) is 17.1 Å². The van der Waals surface area contributed by atoms with Gasteiger partial charge in [0.25, 0.3) is 0 Å². The van der Waals surface area contributed by atoms with Crippen LogP contribution >= 0.6 is 15.9 Å². The van der Waals surface area contributed by atoms with Gasteiger partial charge in [-0.1, -0.05) is 47.3 Å². The van der Waals surface area contributed by atoms with Crippen LogP contribution in [0.25, 0.3) is 0 Å². The molecule has 1 N–H and O–H groups in total.